The lowest BCUT2D eigenvalue weighted by atomic mass is 9.86. The van der Waals surface area contributed by atoms with Gasteiger partial charge in [0.25, 0.3) is 0 Å². The van der Waals surface area contributed by atoms with Crippen molar-refractivity contribution in [3.63, 3.8) is 0 Å². The van der Waals surface area contributed by atoms with Crippen LogP contribution in [0.25, 0.3) is 0 Å². The van der Waals surface area contributed by atoms with E-state index in [1.165, 1.54) is 16.0 Å². The number of guanidine groups is 1. The quantitative estimate of drug-likeness (QED) is 0.474. The molecule has 1 aromatic heterocycles. The number of nitrogens with zero attached hydrogens (tertiary/aromatic N) is 2. The van der Waals surface area contributed by atoms with E-state index in [2.05, 4.69) is 60.0 Å². The SMILES string of the molecule is CCNC(=NCC(=O)N1CCc2sccc2C1)NCC(O)c1ccc(C(C)(C)C)cc1. The van der Waals surface area contributed by atoms with Gasteiger partial charge in [0.15, 0.2) is 5.96 Å². The van der Waals surface area contributed by atoms with Crippen molar-refractivity contribution in [2.45, 2.75) is 52.2 Å². The summed E-state index contributed by atoms with van der Waals surface area (Å²) in [6.45, 7) is 11.0. The highest BCUT2D eigenvalue weighted by molar-refractivity contribution is 7.10. The van der Waals surface area contributed by atoms with Crippen molar-refractivity contribution < 1.29 is 9.90 Å². The molecule has 2 heterocycles. The van der Waals surface area contributed by atoms with Crippen LogP contribution in [0.1, 0.15) is 55.4 Å². The molecular weight excluding hydrogens is 408 g/mol. The summed E-state index contributed by atoms with van der Waals surface area (Å²) < 4.78 is 0. The van der Waals surface area contributed by atoms with Crippen LogP contribution in [0, 0.1) is 0 Å². The topological polar surface area (TPSA) is 77.0 Å². The molecule has 168 valence electrons. The first kappa shape index (κ1) is 23.3. The average molecular weight is 443 g/mol. The lowest BCUT2D eigenvalue weighted by Gasteiger charge is -2.26. The van der Waals surface area contributed by atoms with Gasteiger partial charge in [0.2, 0.25) is 5.91 Å². The number of aliphatic imine (C=N–C) groups is 1. The number of carbonyl (C=O) groups is 1. The molecule has 3 N–H and O–H groups in total. The number of nitrogens with one attached hydrogen (secondary N) is 2. The van der Waals surface area contributed by atoms with Gasteiger partial charge in [0, 0.05) is 31.1 Å². The number of amides is 1. The maximum atomic E-state index is 12.6. The van der Waals surface area contributed by atoms with Crippen molar-refractivity contribution in [3.05, 3.63) is 57.3 Å². The Morgan fingerprint density at radius 1 is 1.23 bits per heavy atom. The first-order valence-electron chi connectivity index (χ1n) is 10.9. The van der Waals surface area contributed by atoms with Gasteiger partial charge in [-0.2, -0.15) is 0 Å². The summed E-state index contributed by atoms with van der Waals surface area (Å²) in [6, 6.07) is 10.2. The smallest absolute Gasteiger partial charge is 0.244 e. The molecule has 1 aromatic carbocycles. The van der Waals surface area contributed by atoms with E-state index >= 15 is 0 Å². The van der Waals surface area contributed by atoms with Crippen LogP contribution >= 0.6 is 11.3 Å². The zero-order chi connectivity index (χ0) is 22.4. The van der Waals surface area contributed by atoms with Crippen molar-refractivity contribution in [1.82, 2.24) is 15.5 Å². The number of fused-ring (bicyclic) bond motifs is 1. The number of rotatable bonds is 6. The normalized spacial score (nSPS) is 15.4. The maximum absolute atomic E-state index is 12.6. The number of hydrogen-bond donors (Lipinski definition) is 3. The highest BCUT2D eigenvalue weighted by Gasteiger charge is 2.21. The van der Waals surface area contributed by atoms with E-state index in [0.717, 1.165) is 18.5 Å². The first-order valence-corrected chi connectivity index (χ1v) is 11.8. The van der Waals surface area contributed by atoms with Crippen LogP contribution < -0.4 is 10.6 Å². The molecule has 0 radical (unpaired) electrons. The van der Waals surface area contributed by atoms with Crippen molar-refractivity contribution in [2.24, 2.45) is 4.99 Å². The number of aliphatic hydroxyl groups excluding tert-OH is 1. The van der Waals surface area contributed by atoms with Gasteiger partial charge in [-0.05, 0) is 46.9 Å². The fourth-order valence-corrected chi connectivity index (χ4v) is 4.46. The fraction of sp³-hybridized carbons (Fsp3) is 0.500. The van der Waals surface area contributed by atoms with Crippen molar-refractivity contribution in [3.8, 4) is 0 Å². The van der Waals surface area contributed by atoms with Gasteiger partial charge in [0.1, 0.15) is 6.54 Å². The van der Waals surface area contributed by atoms with Crippen molar-refractivity contribution in [2.75, 3.05) is 26.2 Å². The summed E-state index contributed by atoms with van der Waals surface area (Å²) in [7, 11) is 0. The van der Waals surface area contributed by atoms with Gasteiger partial charge in [0.05, 0.1) is 6.10 Å². The fourth-order valence-electron chi connectivity index (χ4n) is 3.57. The second-order valence-corrected chi connectivity index (χ2v) is 9.90. The van der Waals surface area contributed by atoms with E-state index in [9.17, 15) is 9.90 Å². The Balaban J connectivity index is 1.54. The summed E-state index contributed by atoms with van der Waals surface area (Å²) in [5.41, 5.74) is 3.42. The minimum absolute atomic E-state index is 0.0207. The molecule has 31 heavy (non-hydrogen) atoms. The van der Waals surface area contributed by atoms with E-state index in [-0.39, 0.29) is 17.9 Å². The summed E-state index contributed by atoms with van der Waals surface area (Å²) in [6.07, 6.45) is 0.258. The predicted molar refractivity (Wildman–Crippen MR) is 128 cm³/mol. The molecule has 1 aliphatic rings. The largest absolute Gasteiger partial charge is 0.387 e. The van der Waals surface area contributed by atoms with Gasteiger partial charge < -0.3 is 20.6 Å². The summed E-state index contributed by atoms with van der Waals surface area (Å²) in [5, 5.41) is 19.0. The number of benzene rings is 1. The van der Waals surface area contributed by atoms with Crippen LogP contribution in [-0.4, -0.2) is 48.1 Å². The molecule has 7 heteroatoms. The first-order chi connectivity index (χ1) is 14.8. The van der Waals surface area contributed by atoms with Crippen LogP contribution in [0.15, 0.2) is 40.7 Å². The maximum Gasteiger partial charge on any atom is 0.244 e. The molecule has 1 aliphatic heterocycles. The van der Waals surface area contributed by atoms with Crippen LogP contribution in [0.4, 0.5) is 0 Å². The van der Waals surface area contributed by atoms with Gasteiger partial charge >= 0.3 is 0 Å². The zero-order valence-corrected chi connectivity index (χ0v) is 19.8. The Kier molecular flexibility index (Phi) is 7.73. The van der Waals surface area contributed by atoms with E-state index in [4.69, 9.17) is 0 Å². The standard InChI is InChI=1S/C24H34N4O2S/c1-5-25-23(26-14-20(29)17-6-8-19(9-7-17)24(2,3)4)27-15-22(30)28-12-10-21-18(16-28)11-13-31-21/h6-9,11,13,20,29H,5,10,12,14-16H2,1-4H3,(H2,25,26,27). The van der Waals surface area contributed by atoms with Gasteiger partial charge in [-0.3, -0.25) is 4.79 Å². The number of thiophene rings is 1. The Morgan fingerprint density at radius 2 is 1.97 bits per heavy atom. The molecule has 0 saturated heterocycles. The average Bonchev–Trinajstić information content (AvgIpc) is 3.22. The molecule has 6 nitrogen and oxygen atoms in total. The summed E-state index contributed by atoms with van der Waals surface area (Å²) in [5.74, 6) is 0.557. The molecule has 1 amide bonds. The molecule has 0 bridgehead atoms. The lowest BCUT2D eigenvalue weighted by molar-refractivity contribution is -0.130. The third-order valence-electron chi connectivity index (χ3n) is 5.50. The monoisotopic (exact) mass is 442 g/mol. The Labute approximate surface area is 189 Å². The third kappa shape index (κ3) is 6.31. The van der Waals surface area contributed by atoms with E-state index in [1.54, 1.807) is 11.3 Å². The Hall–Kier alpha value is -2.38. The summed E-state index contributed by atoms with van der Waals surface area (Å²) >= 11 is 1.76. The van der Waals surface area contributed by atoms with Crippen LogP contribution in [0.2, 0.25) is 0 Å². The predicted octanol–water partition coefficient (Wildman–Crippen LogP) is 3.22. The summed E-state index contributed by atoms with van der Waals surface area (Å²) in [4.78, 5) is 20.3. The van der Waals surface area contributed by atoms with Crippen LogP contribution in [-0.2, 0) is 23.2 Å². The molecular formula is C24H34N4O2S. The Bertz CT molecular complexity index is 899. The molecule has 3 rings (SSSR count). The van der Waals surface area contributed by atoms with Crippen molar-refractivity contribution in [1.29, 1.82) is 0 Å². The van der Waals surface area contributed by atoms with E-state index in [0.29, 0.717) is 25.6 Å². The van der Waals surface area contributed by atoms with E-state index < -0.39 is 6.10 Å². The van der Waals surface area contributed by atoms with Gasteiger partial charge in [-0.1, -0.05) is 45.0 Å². The molecule has 2 aromatic rings. The van der Waals surface area contributed by atoms with Crippen molar-refractivity contribution >= 4 is 23.2 Å². The second-order valence-electron chi connectivity index (χ2n) is 8.90. The van der Waals surface area contributed by atoms with Crippen LogP contribution in [0.3, 0.4) is 0 Å². The highest BCUT2D eigenvalue weighted by atomic mass is 32.1. The Morgan fingerprint density at radius 3 is 2.65 bits per heavy atom. The van der Waals surface area contributed by atoms with Gasteiger partial charge in [-0.25, -0.2) is 4.99 Å². The molecule has 0 aliphatic carbocycles. The van der Waals surface area contributed by atoms with E-state index in [1.807, 2.05) is 24.0 Å². The highest BCUT2D eigenvalue weighted by Crippen LogP contribution is 2.25. The molecule has 0 saturated carbocycles. The molecule has 0 fully saturated rings. The molecule has 0 spiro atoms. The van der Waals surface area contributed by atoms with Crippen LogP contribution in [0.5, 0.6) is 0 Å². The number of carbonyl (C=O) groups excluding carboxylic acids is 1. The molecule has 1 unspecified atom stereocenters. The minimum Gasteiger partial charge on any atom is -0.387 e. The second kappa shape index (κ2) is 10.3. The van der Waals surface area contributed by atoms with Gasteiger partial charge in [-0.15, -0.1) is 11.3 Å². The molecule has 1 atom stereocenters. The minimum atomic E-state index is -0.660. The zero-order valence-electron chi connectivity index (χ0n) is 18.9. The number of aliphatic hydroxyl groups is 1. The third-order valence-corrected chi connectivity index (χ3v) is 6.52. The lowest BCUT2D eigenvalue weighted by Crippen LogP contribution is -2.41. The number of hydrogen-bond acceptors (Lipinski definition) is 4.